The van der Waals surface area contributed by atoms with Crippen LogP contribution in [0.15, 0.2) is 34.8 Å². The fraction of sp³-hybridized carbons (Fsp3) is 0.350. The number of aromatic nitrogens is 4. The second kappa shape index (κ2) is 8.43. The standard InChI is InChI=1S/C20H21F2IN7S/c1-13-10-30-16(14-3-5-23-25-8-14)9-24-19(30)18(26-13)27-17-7-15(28-31-17)11-29-6-2-4-20(21,22)12-29/h3,5,7-10,25H,2,4,6,11-12H2,1H3,(H,26,27)/q-1. The summed E-state index contributed by atoms with van der Waals surface area (Å²) in [7, 11) is 0. The van der Waals surface area contributed by atoms with Crippen molar-refractivity contribution in [1.29, 1.82) is 0 Å². The van der Waals surface area contributed by atoms with Gasteiger partial charge in [-0.3, -0.25) is 4.90 Å². The molecule has 164 valence electrons. The minimum absolute atomic E-state index is 0.0288. The van der Waals surface area contributed by atoms with Crippen LogP contribution in [-0.2, 0) is 6.54 Å². The van der Waals surface area contributed by atoms with Crippen LogP contribution in [0.2, 0.25) is 0 Å². The molecule has 5 heterocycles. The second-order valence-electron chi connectivity index (χ2n) is 7.66. The van der Waals surface area contributed by atoms with E-state index in [2.05, 4.69) is 33.3 Å². The molecule has 0 aliphatic carbocycles. The Labute approximate surface area is 193 Å². The van der Waals surface area contributed by atoms with Gasteiger partial charge in [0.25, 0.3) is 5.92 Å². The van der Waals surface area contributed by atoms with E-state index in [-0.39, 0.29) is 34.4 Å². The number of hydrogen-bond donors (Lipinski definition) is 2. The molecule has 7 nitrogen and oxygen atoms in total. The molecule has 3 aromatic heterocycles. The topological polar surface area (TPSA) is 70.4 Å². The van der Waals surface area contributed by atoms with E-state index in [1.54, 1.807) is 4.90 Å². The Morgan fingerprint density at radius 3 is 3.10 bits per heavy atom. The van der Waals surface area contributed by atoms with Crippen molar-refractivity contribution in [3.05, 3.63) is 51.9 Å². The van der Waals surface area contributed by atoms with Crippen LogP contribution in [0.4, 0.5) is 19.6 Å². The maximum atomic E-state index is 13.7. The van der Waals surface area contributed by atoms with Crippen LogP contribution < -0.4 is 30.3 Å². The number of alkyl halides is 2. The van der Waals surface area contributed by atoms with E-state index in [0.29, 0.717) is 25.3 Å². The molecule has 1 fully saturated rings. The van der Waals surface area contributed by atoms with Crippen molar-refractivity contribution < 1.29 is 30.3 Å². The van der Waals surface area contributed by atoms with Gasteiger partial charge in [0.2, 0.25) is 0 Å². The zero-order valence-electron chi connectivity index (χ0n) is 16.8. The molecular formula is C20H21F2IN7S-. The monoisotopic (exact) mass is 556 g/mol. The van der Waals surface area contributed by atoms with Gasteiger partial charge in [0.05, 0.1) is 6.54 Å². The van der Waals surface area contributed by atoms with Gasteiger partial charge in [-0.1, -0.05) is 0 Å². The number of rotatable bonds is 5. The quantitative estimate of drug-likeness (QED) is 0.360. The number of imidazole rings is 1. The Balaban J connectivity index is 1.37. The van der Waals surface area contributed by atoms with Gasteiger partial charge in [0, 0.05) is 6.42 Å². The molecule has 0 saturated carbocycles. The molecule has 1 saturated heterocycles. The third-order valence-corrected chi connectivity index (χ3v) is 7.28. The first-order chi connectivity index (χ1) is 15.0. The Kier molecular flexibility index (Phi) is 5.65. The van der Waals surface area contributed by atoms with Crippen LogP contribution in [0.25, 0.3) is 11.2 Å². The number of aryl methyl sites for hydroxylation is 1. The van der Waals surface area contributed by atoms with E-state index >= 15 is 0 Å². The fourth-order valence-electron chi connectivity index (χ4n) is 3.81. The molecule has 0 aromatic carbocycles. The molecule has 31 heavy (non-hydrogen) atoms. The number of hydrogen-bond acceptors (Lipinski definition) is 7. The summed E-state index contributed by atoms with van der Waals surface area (Å²) >= 11 is 1.20. The van der Waals surface area contributed by atoms with E-state index in [1.807, 2.05) is 36.0 Å². The first kappa shape index (κ1) is 20.8. The van der Waals surface area contributed by atoms with E-state index < -0.39 is 5.92 Å². The summed E-state index contributed by atoms with van der Waals surface area (Å²) in [5, 5.41) is 4.14. The summed E-state index contributed by atoms with van der Waals surface area (Å²) in [5.41, 5.74) is 4.43. The molecule has 5 rings (SSSR count). The Morgan fingerprint density at radius 1 is 1.39 bits per heavy atom. The average Bonchev–Trinajstić information content (AvgIpc) is 3.35. The van der Waals surface area contributed by atoms with Crippen molar-refractivity contribution in [2.45, 2.75) is 32.2 Å². The van der Waals surface area contributed by atoms with Gasteiger partial charge in [-0.15, -0.1) is 0 Å². The molecule has 0 spiro atoms. The minimum atomic E-state index is -2.61. The van der Waals surface area contributed by atoms with E-state index in [1.165, 1.54) is 11.5 Å². The molecule has 3 aromatic rings. The Morgan fingerprint density at radius 2 is 2.29 bits per heavy atom. The molecule has 0 atom stereocenters. The van der Waals surface area contributed by atoms with Gasteiger partial charge in [-0.2, -0.15) is 0 Å². The van der Waals surface area contributed by atoms with Gasteiger partial charge >= 0.3 is 148 Å². The molecular weight excluding hydrogens is 535 g/mol. The van der Waals surface area contributed by atoms with Crippen molar-refractivity contribution in [2.75, 3.05) is 18.4 Å². The molecule has 0 bridgehead atoms. The van der Waals surface area contributed by atoms with Crippen LogP contribution >= 0.6 is 11.5 Å². The van der Waals surface area contributed by atoms with Crippen LogP contribution in [0.5, 0.6) is 0 Å². The molecule has 0 unspecified atom stereocenters. The molecule has 2 aliphatic rings. The summed E-state index contributed by atoms with van der Waals surface area (Å²) in [6.07, 6.45) is 8.44. The fourth-order valence-corrected chi connectivity index (χ4v) is 5.76. The zero-order valence-corrected chi connectivity index (χ0v) is 19.8. The third-order valence-electron chi connectivity index (χ3n) is 5.15. The number of anilines is 2. The van der Waals surface area contributed by atoms with E-state index in [9.17, 15) is 8.78 Å². The van der Waals surface area contributed by atoms with E-state index in [0.717, 1.165) is 33.3 Å². The summed E-state index contributed by atoms with van der Waals surface area (Å²) in [5.74, 6) is -1.96. The predicted octanol–water partition coefficient (Wildman–Crippen LogP) is 0.931. The Hall–Kier alpha value is -2.12. The SMILES string of the molecule is Cc1cn2c(C3=CN[I-]C=C3)cnc2c(Nc2cc(CN3CCCC(F)(F)C3)ns2)n1. The van der Waals surface area contributed by atoms with Crippen molar-refractivity contribution in [3.8, 4) is 0 Å². The zero-order chi connectivity index (χ0) is 21.4. The summed E-state index contributed by atoms with van der Waals surface area (Å²) in [6.45, 7) is 2.84. The normalized spacial score (nSPS) is 19.0. The van der Waals surface area contributed by atoms with Gasteiger partial charge < -0.3 is 0 Å². The number of likely N-dealkylation sites (tertiary alicyclic amines) is 1. The van der Waals surface area contributed by atoms with Crippen molar-refractivity contribution in [1.82, 2.24) is 27.2 Å². The van der Waals surface area contributed by atoms with Gasteiger partial charge in [0.15, 0.2) is 0 Å². The molecule has 0 radical (unpaired) electrons. The third kappa shape index (κ3) is 4.58. The second-order valence-corrected chi connectivity index (χ2v) is 10.4. The van der Waals surface area contributed by atoms with Crippen molar-refractivity contribution >= 4 is 33.6 Å². The molecule has 0 amide bonds. The van der Waals surface area contributed by atoms with E-state index in [4.69, 9.17) is 0 Å². The number of allylic oxidation sites excluding steroid dienone is 2. The number of piperidine rings is 1. The first-order valence-corrected chi connectivity index (χ1v) is 13.0. The van der Waals surface area contributed by atoms with Crippen LogP contribution in [0.3, 0.4) is 0 Å². The molecule has 11 heteroatoms. The first-order valence-electron chi connectivity index (χ1n) is 9.89. The van der Waals surface area contributed by atoms with Crippen LogP contribution in [0, 0.1) is 6.92 Å². The van der Waals surface area contributed by atoms with Crippen LogP contribution in [0.1, 0.15) is 29.9 Å². The average molecular weight is 556 g/mol. The summed E-state index contributed by atoms with van der Waals surface area (Å²) in [4.78, 5) is 11.0. The Bertz CT molecular complexity index is 1170. The predicted molar refractivity (Wildman–Crippen MR) is 113 cm³/mol. The number of nitrogens with zero attached hydrogens (tertiary/aromatic N) is 5. The van der Waals surface area contributed by atoms with Gasteiger partial charge in [-0.05, 0) is 13.0 Å². The number of halogens is 3. The molecule has 2 aliphatic heterocycles. The van der Waals surface area contributed by atoms with Crippen molar-refractivity contribution in [3.63, 3.8) is 0 Å². The summed E-state index contributed by atoms with van der Waals surface area (Å²) < 4.78 is 39.3. The molecule has 2 N–H and O–H groups in total. The maximum absolute atomic E-state index is 13.7. The van der Waals surface area contributed by atoms with Crippen molar-refractivity contribution in [2.24, 2.45) is 0 Å². The van der Waals surface area contributed by atoms with Gasteiger partial charge in [-0.25, -0.2) is 8.78 Å². The summed E-state index contributed by atoms with van der Waals surface area (Å²) in [6, 6.07) is 1.90. The number of nitrogens with one attached hydrogen (secondary N) is 2. The van der Waals surface area contributed by atoms with Gasteiger partial charge in [0.1, 0.15) is 0 Å². The number of fused-ring (bicyclic) bond motifs is 1. The van der Waals surface area contributed by atoms with Crippen LogP contribution in [-0.4, -0.2) is 42.7 Å².